The molecule has 0 radical (unpaired) electrons. The highest BCUT2D eigenvalue weighted by molar-refractivity contribution is 5.76. The molecule has 0 aromatic heterocycles. The molecule has 0 saturated heterocycles. The van der Waals surface area contributed by atoms with E-state index >= 15 is 0 Å². The van der Waals surface area contributed by atoms with Gasteiger partial charge in [-0.2, -0.15) is 0 Å². The first-order chi connectivity index (χ1) is 9.72. The number of aryl methyl sites for hydroxylation is 1. The van der Waals surface area contributed by atoms with E-state index in [0.29, 0.717) is 19.1 Å². The Morgan fingerprint density at radius 2 is 2.20 bits per heavy atom. The van der Waals surface area contributed by atoms with Crippen LogP contribution < -0.4 is 15.8 Å². The van der Waals surface area contributed by atoms with Gasteiger partial charge in [-0.1, -0.05) is 6.07 Å². The summed E-state index contributed by atoms with van der Waals surface area (Å²) < 4.78 is 5.68. The van der Waals surface area contributed by atoms with E-state index in [4.69, 9.17) is 10.5 Å². The third kappa shape index (κ3) is 3.31. The van der Waals surface area contributed by atoms with Crippen LogP contribution in [-0.4, -0.2) is 18.6 Å². The fourth-order valence-corrected chi connectivity index (χ4v) is 2.69. The number of hydrogen-bond acceptors (Lipinski definition) is 3. The van der Waals surface area contributed by atoms with Crippen molar-refractivity contribution in [1.29, 1.82) is 0 Å². The van der Waals surface area contributed by atoms with Crippen LogP contribution in [0, 0.1) is 0 Å². The summed E-state index contributed by atoms with van der Waals surface area (Å²) in [6, 6.07) is 6.67. The predicted molar refractivity (Wildman–Crippen MR) is 77.6 cm³/mol. The number of rotatable bonds is 5. The molecular formula is C16H22N2O2. The number of carbonyl (C=O) groups is 1. The van der Waals surface area contributed by atoms with Crippen LogP contribution in [0.2, 0.25) is 0 Å². The smallest absolute Gasteiger partial charge is 0.223 e. The average Bonchev–Trinajstić information content (AvgIpc) is 3.23. The van der Waals surface area contributed by atoms with Crippen LogP contribution in [-0.2, 0) is 11.2 Å². The van der Waals surface area contributed by atoms with E-state index < -0.39 is 0 Å². The average molecular weight is 274 g/mol. The number of nitrogens with two attached hydrogens (primary N) is 1. The normalized spacial score (nSPS) is 21.1. The highest BCUT2D eigenvalue weighted by atomic mass is 16.5. The topological polar surface area (TPSA) is 64.3 Å². The molecule has 2 aliphatic rings. The molecule has 1 atom stereocenters. The van der Waals surface area contributed by atoms with Gasteiger partial charge in [0.25, 0.3) is 0 Å². The minimum Gasteiger partial charge on any atom is -0.493 e. The minimum absolute atomic E-state index is 0.0853. The first-order valence-electron chi connectivity index (χ1n) is 7.53. The zero-order chi connectivity index (χ0) is 13.9. The number of hydrogen-bond donors (Lipinski definition) is 2. The van der Waals surface area contributed by atoms with Crippen LogP contribution in [0.5, 0.6) is 5.75 Å². The number of amides is 1. The molecule has 0 bridgehead atoms. The number of ether oxygens (including phenoxy) is 1. The number of benzene rings is 1. The largest absolute Gasteiger partial charge is 0.493 e. The standard InChI is InChI=1S/C16H22N2O2/c17-15-3-1-2-11-4-7-13(10-14(11)15)20-9-8-16(19)18-12-5-6-12/h4,7,10,12,15H,1-3,5-6,8-9,17H2,(H,18,19)/t15-/m1/s1. The lowest BCUT2D eigenvalue weighted by atomic mass is 9.88. The van der Waals surface area contributed by atoms with Gasteiger partial charge in [-0.15, -0.1) is 0 Å². The van der Waals surface area contributed by atoms with Crippen molar-refractivity contribution in [2.45, 2.75) is 50.6 Å². The van der Waals surface area contributed by atoms with E-state index in [2.05, 4.69) is 11.4 Å². The summed E-state index contributed by atoms with van der Waals surface area (Å²) >= 11 is 0. The first kappa shape index (κ1) is 13.4. The van der Waals surface area contributed by atoms with Gasteiger partial charge in [0.15, 0.2) is 0 Å². The number of carbonyl (C=O) groups excluding carboxylic acids is 1. The minimum atomic E-state index is 0.0853. The Bertz CT molecular complexity index is 497. The molecule has 20 heavy (non-hydrogen) atoms. The van der Waals surface area contributed by atoms with Gasteiger partial charge in [-0.3, -0.25) is 4.79 Å². The zero-order valence-electron chi connectivity index (χ0n) is 11.7. The van der Waals surface area contributed by atoms with E-state index in [1.54, 1.807) is 0 Å². The Morgan fingerprint density at radius 3 is 3.00 bits per heavy atom. The highest BCUT2D eigenvalue weighted by Gasteiger charge is 2.23. The molecule has 0 unspecified atom stereocenters. The molecular weight excluding hydrogens is 252 g/mol. The molecule has 1 fully saturated rings. The monoisotopic (exact) mass is 274 g/mol. The molecule has 1 aromatic carbocycles. The van der Waals surface area contributed by atoms with E-state index in [9.17, 15) is 4.79 Å². The second-order valence-electron chi connectivity index (χ2n) is 5.80. The van der Waals surface area contributed by atoms with Crippen LogP contribution in [0.1, 0.15) is 49.3 Å². The maximum absolute atomic E-state index is 11.6. The van der Waals surface area contributed by atoms with E-state index in [0.717, 1.165) is 37.9 Å². The fraction of sp³-hybridized carbons (Fsp3) is 0.562. The molecule has 0 aliphatic heterocycles. The zero-order valence-corrected chi connectivity index (χ0v) is 11.7. The summed E-state index contributed by atoms with van der Waals surface area (Å²) in [4.78, 5) is 11.6. The third-order valence-corrected chi connectivity index (χ3v) is 4.02. The lowest BCUT2D eigenvalue weighted by Crippen LogP contribution is -2.26. The molecule has 3 rings (SSSR count). The second-order valence-corrected chi connectivity index (χ2v) is 5.80. The van der Waals surface area contributed by atoms with Crippen molar-refractivity contribution in [2.24, 2.45) is 5.73 Å². The Hall–Kier alpha value is -1.55. The predicted octanol–water partition coefficient (Wildman–Crippen LogP) is 2.07. The molecule has 1 aromatic rings. The van der Waals surface area contributed by atoms with Gasteiger partial charge in [-0.25, -0.2) is 0 Å². The van der Waals surface area contributed by atoms with Crippen LogP contribution in [0.4, 0.5) is 0 Å². The molecule has 108 valence electrons. The van der Waals surface area contributed by atoms with Crippen LogP contribution in [0.3, 0.4) is 0 Å². The van der Waals surface area contributed by atoms with Crippen molar-refractivity contribution in [3.05, 3.63) is 29.3 Å². The van der Waals surface area contributed by atoms with Crippen molar-refractivity contribution in [1.82, 2.24) is 5.32 Å². The lowest BCUT2D eigenvalue weighted by molar-refractivity contribution is -0.121. The van der Waals surface area contributed by atoms with Gasteiger partial charge in [0.05, 0.1) is 13.0 Å². The van der Waals surface area contributed by atoms with Crippen molar-refractivity contribution in [3.8, 4) is 5.75 Å². The summed E-state index contributed by atoms with van der Waals surface area (Å²) in [6.45, 7) is 0.423. The molecule has 0 spiro atoms. The SMILES string of the molecule is N[C@@H]1CCCc2ccc(OCCC(=O)NC3CC3)cc21. The van der Waals surface area contributed by atoms with Gasteiger partial charge in [0.1, 0.15) is 5.75 Å². The van der Waals surface area contributed by atoms with E-state index in [1.165, 1.54) is 11.1 Å². The first-order valence-corrected chi connectivity index (χ1v) is 7.53. The Balaban J connectivity index is 1.52. The Kier molecular flexibility index (Phi) is 3.92. The maximum atomic E-state index is 11.6. The van der Waals surface area contributed by atoms with Crippen molar-refractivity contribution < 1.29 is 9.53 Å². The van der Waals surface area contributed by atoms with Gasteiger partial charge >= 0.3 is 0 Å². The molecule has 1 saturated carbocycles. The summed E-state index contributed by atoms with van der Waals surface area (Å²) in [5.74, 6) is 0.905. The maximum Gasteiger partial charge on any atom is 0.223 e. The van der Waals surface area contributed by atoms with Gasteiger partial charge in [0, 0.05) is 12.1 Å². The van der Waals surface area contributed by atoms with E-state index in [-0.39, 0.29) is 11.9 Å². The number of nitrogens with one attached hydrogen (secondary N) is 1. The van der Waals surface area contributed by atoms with Crippen molar-refractivity contribution in [3.63, 3.8) is 0 Å². The summed E-state index contributed by atoms with van der Waals surface area (Å²) in [5, 5.41) is 2.96. The van der Waals surface area contributed by atoms with E-state index in [1.807, 2.05) is 12.1 Å². The van der Waals surface area contributed by atoms with Crippen molar-refractivity contribution in [2.75, 3.05) is 6.61 Å². The second kappa shape index (κ2) is 5.83. The molecule has 3 N–H and O–H groups in total. The fourth-order valence-electron chi connectivity index (χ4n) is 2.69. The quantitative estimate of drug-likeness (QED) is 0.864. The Morgan fingerprint density at radius 1 is 1.35 bits per heavy atom. The number of fused-ring (bicyclic) bond motifs is 1. The lowest BCUT2D eigenvalue weighted by Gasteiger charge is -2.22. The van der Waals surface area contributed by atoms with Crippen LogP contribution in [0.25, 0.3) is 0 Å². The molecule has 4 heteroatoms. The van der Waals surface area contributed by atoms with Crippen LogP contribution >= 0.6 is 0 Å². The third-order valence-electron chi connectivity index (χ3n) is 4.02. The van der Waals surface area contributed by atoms with Crippen molar-refractivity contribution >= 4 is 5.91 Å². The summed E-state index contributed by atoms with van der Waals surface area (Å²) in [6.07, 6.45) is 5.97. The van der Waals surface area contributed by atoms with Gasteiger partial charge < -0.3 is 15.8 Å². The highest BCUT2D eigenvalue weighted by Crippen LogP contribution is 2.30. The molecule has 1 amide bonds. The molecule has 0 heterocycles. The molecule has 4 nitrogen and oxygen atoms in total. The van der Waals surface area contributed by atoms with Crippen LogP contribution in [0.15, 0.2) is 18.2 Å². The van der Waals surface area contributed by atoms with Gasteiger partial charge in [0.2, 0.25) is 5.91 Å². The Labute approximate surface area is 119 Å². The molecule has 2 aliphatic carbocycles. The summed E-state index contributed by atoms with van der Waals surface area (Å²) in [7, 11) is 0. The van der Waals surface area contributed by atoms with Gasteiger partial charge in [-0.05, 0) is 55.4 Å². The summed E-state index contributed by atoms with van der Waals surface area (Å²) in [5.41, 5.74) is 8.67.